The van der Waals surface area contributed by atoms with E-state index in [9.17, 15) is 9.59 Å². The van der Waals surface area contributed by atoms with Crippen molar-refractivity contribution in [2.45, 2.75) is 40.7 Å². The normalized spacial score (nSPS) is 19.6. The van der Waals surface area contributed by atoms with Gasteiger partial charge in [-0.05, 0) is 45.8 Å². The van der Waals surface area contributed by atoms with E-state index < -0.39 is 0 Å². The van der Waals surface area contributed by atoms with Gasteiger partial charge in [-0.3, -0.25) is 14.6 Å². The Labute approximate surface area is 180 Å². The lowest BCUT2D eigenvalue weighted by Gasteiger charge is -2.29. The van der Waals surface area contributed by atoms with Gasteiger partial charge in [0.25, 0.3) is 5.91 Å². The van der Waals surface area contributed by atoms with Crippen LogP contribution < -0.4 is 5.32 Å². The summed E-state index contributed by atoms with van der Waals surface area (Å²) in [5, 5.41) is 3.96. The van der Waals surface area contributed by atoms with Gasteiger partial charge in [0.15, 0.2) is 0 Å². The van der Waals surface area contributed by atoms with E-state index in [0.29, 0.717) is 36.1 Å². The van der Waals surface area contributed by atoms with Crippen molar-refractivity contribution in [2.75, 3.05) is 13.1 Å². The van der Waals surface area contributed by atoms with Crippen LogP contribution in [0.25, 0.3) is 10.9 Å². The van der Waals surface area contributed by atoms with Gasteiger partial charge in [0.2, 0.25) is 5.91 Å². The molecule has 1 aliphatic heterocycles. The Kier molecular flexibility index (Phi) is 6.56. The molecule has 7 heteroatoms. The lowest BCUT2D eigenvalue weighted by atomic mass is 9.84. The summed E-state index contributed by atoms with van der Waals surface area (Å²) in [6.07, 6.45) is 3.39. The van der Waals surface area contributed by atoms with Crippen LogP contribution in [0.3, 0.4) is 0 Å². The van der Waals surface area contributed by atoms with Crippen LogP contribution in [0.15, 0.2) is 29.0 Å². The van der Waals surface area contributed by atoms with Crippen molar-refractivity contribution in [1.29, 1.82) is 0 Å². The van der Waals surface area contributed by atoms with Crippen LogP contribution in [-0.2, 0) is 4.79 Å². The number of pyridine rings is 2. The molecule has 156 valence electrons. The summed E-state index contributed by atoms with van der Waals surface area (Å²) in [5.41, 5.74) is 1.07. The molecular formula is C22H29BrN4O2. The molecular weight excluding hydrogens is 432 g/mol. The largest absolute Gasteiger partial charge is 0.346 e. The molecule has 0 bridgehead atoms. The van der Waals surface area contributed by atoms with E-state index in [0.717, 1.165) is 9.86 Å². The van der Waals surface area contributed by atoms with Crippen molar-refractivity contribution in [3.8, 4) is 0 Å². The highest BCUT2D eigenvalue weighted by Crippen LogP contribution is 2.27. The molecule has 0 spiro atoms. The molecule has 1 N–H and O–H groups in total. The highest BCUT2D eigenvalue weighted by Gasteiger charge is 2.38. The third-order valence-electron chi connectivity index (χ3n) is 5.75. The fourth-order valence-corrected chi connectivity index (χ4v) is 4.70. The van der Waals surface area contributed by atoms with Crippen LogP contribution in [0.2, 0.25) is 0 Å². The van der Waals surface area contributed by atoms with Gasteiger partial charge in [0.1, 0.15) is 5.69 Å². The minimum atomic E-state index is -0.217. The van der Waals surface area contributed by atoms with Crippen LogP contribution in [-0.4, -0.2) is 45.8 Å². The van der Waals surface area contributed by atoms with Crippen LogP contribution in [0.1, 0.15) is 45.1 Å². The molecule has 29 heavy (non-hydrogen) atoms. The first-order valence-corrected chi connectivity index (χ1v) is 11.0. The van der Waals surface area contributed by atoms with Crippen LogP contribution in [0.4, 0.5) is 0 Å². The number of fused-ring (bicyclic) bond motifs is 1. The monoisotopic (exact) mass is 460 g/mol. The van der Waals surface area contributed by atoms with Gasteiger partial charge in [-0.25, -0.2) is 4.98 Å². The Bertz CT molecular complexity index is 907. The second kappa shape index (κ2) is 8.78. The van der Waals surface area contributed by atoms with E-state index in [2.05, 4.69) is 65.8 Å². The lowest BCUT2D eigenvalue weighted by molar-refractivity contribution is -0.137. The summed E-state index contributed by atoms with van der Waals surface area (Å²) in [5.74, 6) is 0.760. The minimum absolute atomic E-state index is 0.00441. The number of likely N-dealkylation sites (tertiary alicyclic amines) is 1. The molecule has 2 aromatic heterocycles. The fraction of sp³-hybridized carbons (Fsp3) is 0.545. The van der Waals surface area contributed by atoms with Gasteiger partial charge in [0.05, 0.1) is 16.0 Å². The highest BCUT2D eigenvalue weighted by molar-refractivity contribution is 9.10. The lowest BCUT2D eigenvalue weighted by Crippen LogP contribution is -2.43. The van der Waals surface area contributed by atoms with E-state index in [1.165, 1.54) is 0 Å². The molecule has 3 rings (SSSR count). The Morgan fingerprint density at radius 1 is 1.14 bits per heavy atom. The van der Waals surface area contributed by atoms with Crippen LogP contribution in [0.5, 0.6) is 0 Å². The average Bonchev–Trinajstić information content (AvgIpc) is 3.01. The number of amides is 2. The molecule has 0 aliphatic carbocycles. The zero-order chi connectivity index (χ0) is 21.3. The predicted octanol–water partition coefficient (Wildman–Crippen LogP) is 3.90. The minimum Gasteiger partial charge on any atom is -0.346 e. The van der Waals surface area contributed by atoms with Crippen molar-refractivity contribution in [3.05, 3.63) is 34.7 Å². The Morgan fingerprint density at radius 3 is 2.48 bits per heavy atom. The zero-order valence-corrected chi connectivity index (χ0v) is 19.2. The number of carbonyl (C=O) groups excluding carboxylic acids is 2. The molecule has 2 aromatic rings. The quantitative estimate of drug-likeness (QED) is 0.733. The third kappa shape index (κ3) is 4.60. The van der Waals surface area contributed by atoms with Gasteiger partial charge < -0.3 is 10.2 Å². The number of hydrogen-bond donors (Lipinski definition) is 1. The summed E-state index contributed by atoms with van der Waals surface area (Å²) in [7, 11) is 0. The number of carbonyl (C=O) groups is 2. The maximum Gasteiger partial charge on any atom is 0.270 e. The number of nitrogens with one attached hydrogen (secondary N) is 1. The molecule has 2 atom stereocenters. The van der Waals surface area contributed by atoms with E-state index in [4.69, 9.17) is 0 Å². The van der Waals surface area contributed by atoms with Gasteiger partial charge in [-0.2, -0.15) is 0 Å². The highest BCUT2D eigenvalue weighted by atomic mass is 79.9. The first-order chi connectivity index (χ1) is 13.7. The summed E-state index contributed by atoms with van der Waals surface area (Å²) in [4.78, 5) is 36.4. The second-order valence-electron chi connectivity index (χ2n) is 8.70. The second-order valence-corrected chi connectivity index (χ2v) is 9.56. The molecule has 3 heterocycles. The topological polar surface area (TPSA) is 75.2 Å². The van der Waals surface area contributed by atoms with Gasteiger partial charge in [-0.15, -0.1) is 0 Å². The summed E-state index contributed by atoms with van der Waals surface area (Å²) >= 11 is 3.44. The number of aromatic nitrogens is 2. The van der Waals surface area contributed by atoms with Crippen LogP contribution >= 0.6 is 15.9 Å². The molecule has 1 aliphatic rings. The molecule has 6 nitrogen and oxygen atoms in total. The van der Waals surface area contributed by atoms with E-state index in [1.807, 2.05) is 11.0 Å². The van der Waals surface area contributed by atoms with Gasteiger partial charge in [-0.1, -0.05) is 34.6 Å². The van der Waals surface area contributed by atoms with E-state index >= 15 is 0 Å². The van der Waals surface area contributed by atoms with Crippen molar-refractivity contribution in [2.24, 2.45) is 23.7 Å². The SMILES string of the molecule is CC(C)C(C(=O)N1C[C@@H](C)[C@@H](NC(=O)c2ccc3cncc(Br)c3n2)C1)C(C)C. The molecule has 0 saturated carbocycles. The first kappa shape index (κ1) is 21.7. The smallest absolute Gasteiger partial charge is 0.270 e. The van der Waals surface area contributed by atoms with E-state index in [-0.39, 0.29) is 29.7 Å². The Morgan fingerprint density at radius 2 is 1.83 bits per heavy atom. The molecule has 1 saturated heterocycles. The zero-order valence-electron chi connectivity index (χ0n) is 17.6. The number of hydrogen-bond acceptors (Lipinski definition) is 4. The number of rotatable bonds is 5. The van der Waals surface area contributed by atoms with Crippen molar-refractivity contribution < 1.29 is 9.59 Å². The van der Waals surface area contributed by atoms with Crippen molar-refractivity contribution in [1.82, 2.24) is 20.2 Å². The molecule has 0 radical (unpaired) electrons. The summed E-state index contributed by atoms with van der Waals surface area (Å²) < 4.78 is 0.754. The molecule has 2 amide bonds. The molecule has 0 aromatic carbocycles. The van der Waals surface area contributed by atoms with E-state index in [1.54, 1.807) is 18.5 Å². The van der Waals surface area contributed by atoms with Crippen molar-refractivity contribution >= 4 is 38.6 Å². The van der Waals surface area contributed by atoms with Gasteiger partial charge >= 0.3 is 0 Å². The summed E-state index contributed by atoms with van der Waals surface area (Å²) in [6, 6.07) is 3.48. The van der Waals surface area contributed by atoms with Crippen molar-refractivity contribution in [3.63, 3.8) is 0 Å². The maximum atomic E-state index is 13.0. The Hall–Kier alpha value is -2.02. The third-order valence-corrected chi connectivity index (χ3v) is 6.33. The Balaban J connectivity index is 1.71. The van der Waals surface area contributed by atoms with Crippen LogP contribution in [0, 0.1) is 23.7 Å². The molecule has 1 fully saturated rings. The fourth-order valence-electron chi connectivity index (χ4n) is 4.26. The average molecular weight is 461 g/mol. The predicted molar refractivity (Wildman–Crippen MR) is 117 cm³/mol. The standard InChI is InChI=1S/C22H29BrN4O2/c1-12(2)19(13(3)4)22(29)27-10-14(5)18(11-27)26-21(28)17-7-6-15-8-24-9-16(23)20(15)25-17/h6-9,12-14,18-19H,10-11H2,1-5H3,(H,26,28)/t14-,18+/m1/s1. The van der Waals surface area contributed by atoms with Gasteiger partial charge in [0, 0.05) is 36.8 Å². The molecule has 0 unspecified atom stereocenters. The number of halogens is 1. The first-order valence-electron chi connectivity index (χ1n) is 10.2. The maximum absolute atomic E-state index is 13.0. The number of nitrogens with zero attached hydrogens (tertiary/aromatic N) is 3. The summed E-state index contributed by atoms with van der Waals surface area (Å²) in [6.45, 7) is 11.7.